The maximum absolute atomic E-state index is 12.5. The molecule has 7 heteroatoms. The normalized spacial score (nSPS) is 11.4. The van der Waals surface area contributed by atoms with E-state index in [1.807, 2.05) is 37.3 Å². The number of nitrogens with one attached hydrogen (secondary N) is 1. The van der Waals surface area contributed by atoms with E-state index in [4.69, 9.17) is 8.92 Å². The zero-order valence-electron chi connectivity index (χ0n) is 15.5. The van der Waals surface area contributed by atoms with Gasteiger partial charge in [0.15, 0.2) is 11.5 Å². The Morgan fingerprint density at radius 2 is 1.64 bits per heavy atom. The molecule has 0 radical (unpaired) electrons. The van der Waals surface area contributed by atoms with Gasteiger partial charge in [0.1, 0.15) is 4.90 Å². The molecule has 6 nitrogen and oxygen atoms in total. The molecular weight excluding hydrogens is 376 g/mol. The van der Waals surface area contributed by atoms with E-state index in [9.17, 15) is 8.42 Å². The van der Waals surface area contributed by atoms with Crippen molar-refractivity contribution >= 4 is 22.0 Å². The van der Waals surface area contributed by atoms with Gasteiger partial charge in [-0.1, -0.05) is 35.9 Å². The Morgan fingerprint density at radius 3 is 2.32 bits per heavy atom. The van der Waals surface area contributed by atoms with Gasteiger partial charge in [-0.3, -0.25) is 5.43 Å². The fourth-order valence-corrected chi connectivity index (χ4v) is 3.34. The summed E-state index contributed by atoms with van der Waals surface area (Å²) in [4.78, 5) is 0.0813. The van der Waals surface area contributed by atoms with E-state index in [1.165, 1.54) is 25.3 Å². The van der Waals surface area contributed by atoms with Crippen molar-refractivity contribution in [1.82, 2.24) is 0 Å². The number of hydrogen-bond acceptors (Lipinski definition) is 6. The van der Waals surface area contributed by atoms with Crippen molar-refractivity contribution in [3.05, 3.63) is 83.9 Å². The predicted octanol–water partition coefficient (Wildman–Crippen LogP) is 4.22. The van der Waals surface area contributed by atoms with Crippen LogP contribution in [0.2, 0.25) is 0 Å². The Labute approximate surface area is 164 Å². The largest absolute Gasteiger partial charge is 0.493 e. The summed E-state index contributed by atoms with van der Waals surface area (Å²) in [5, 5.41) is 4.16. The molecule has 0 saturated heterocycles. The van der Waals surface area contributed by atoms with Crippen LogP contribution < -0.4 is 14.3 Å². The average molecular weight is 396 g/mol. The van der Waals surface area contributed by atoms with Gasteiger partial charge in [-0.15, -0.1) is 0 Å². The van der Waals surface area contributed by atoms with E-state index in [1.54, 1.807) is 30.5 Å². The molecule has 0 heterocycles. The zero-order chi connectivity index (χ0) is 20.0. The van der Waals surface area contributed by atoms with E-state index in [0.717, 1.165) is 16.8 Å². The van der Waals surface area contributed by atoms with Crippen molar-refractivity contribution in [2.75, 3.05) is 12.5 Å². The first-order chi connectivity index (χ1) is 13.5. The molecule has 0 aliphatic rings. The lowest BCUT2D eigenvalue weighted by Gasteiger charge is -2.11. The highest BCUT2D eigenvalue weighted by atomic mass is 32.2. The quantitative estimate of drug-likeness (QED) is 0.368. The molecule has 0 aliphatic carbocycles. The van der Waals surface area contributed by atoms with Crippen LogP contribution in [0.1, 0.15) is 11.1 Å². The maximum Gasteiger partial charge on any atom is 0.339 e. The number of nitrogens with zero attached hydrogens (tertiary/aromatic N) is 1. The van der Waals surface area contributed by atoms with Crippen LogP contribution in [0, 0.1) is 6.92 Å². The molecule has 3 aromatic rings. The third-order valence-corrected chi connectivity index (χ3v) is 5.13. The summed E-state index contributed by atoms with van der Waals surface area (Å²) < 4.78 is 35.5. The highest BCUT2D eigenvalue weighted by molar-refractivity contribution is 7.87. The van der Waals surface area contributed by atoms with Crippen LogP contribution in [0.25, 0.3) is 0 Å². The zero-order valence-corrected chi connectivity index (χ0v) is 16.3. The fourth-order valence-electron chi connectivity index (χ4n) is 2.40. The second-order valence-corrected chi connectivity index (χ2v) is 7.54. The Bertz CT molecular complexity index is 1060. The molecule has 0 spiro atoms. The molecule has 0 unspecified atom stereocenters. The molecule has 0 aromatic heterocycles. The van der Waals surface area contributed by atoms with Crippen LogP contribution in [0.15, 0.2) is 82.8 Å². The summed E-state index contributed by atoms with van der Waals surface area (Å²) in [6.07, 6.45) is 1.60. The summed E-state index contributed by atoms with van der Waals surface area (Å²) in [7, 11) is -2.51. The van der Waals surface area contributed by atoms with Gasteiger partial charge < -0.3 is 8.92 Å². The lowest BCUT2D eigenvalue weighted by molar-refractivity contribution is 0.390. The van der Waals surface area contributed by atoms with Gasteiger partial charge in [0.05, 0.1) is 19.0 Å². The third kappa shape index (κ3) is 4.89. The number of benzene rings is 3. The van der Waals surface area contributed by atoms with Crippen LogP contribution >= 0.6 is 0 Å². The van der Waals surface area contributed by atoms with Crippen LogP contribution in [0.4, 0.5) is 5.69 Å². The first kappa shape index (κ1) is 19.4. The summed E-state index contributed by atoms with van der Waals surface area (Å²) >= 11 is 0. The van der Waals surface area contributed by atoms with E-state index in [-0.39, 0.29) is 10.6 Å². The number of hydrogen-bond donors (Lipinski definition) is 1. The number of ether oxygens (including phenoxy) is 1. The van der Waals surface area contributed by atoms with Crippen molar-refractivity contribution in [2.24, 2.45) is 5.10 Å². The summed E-state index contributed by atoms with van der Waals surface area (Å²) in [6.45, 7) is 1.88. The van der Waals surface area contributed by atoms with Crippen molar-refractivity contribution in [3.63, 3.8) is 0 Å². The van der Waals surface area contributed by atoms with Gasteiger partial charge in [0, 0.05) is 0 Å². The minimum atomic E-state index is -3.95. The Kier molecular flexibility index (Phi) is 5.96. The van der Waals surface area contributed by atoms with Crippen molar-refractivity contribution in [3.8, 4) is 11.5 Å². The summed E-state index contributed by atoms with van der Waals surface area (Å²) in [5.41, 5.74) is 5.45. The fraction of sp³-hybridized carbons (Fsp3) is 0.0952. The van der Waals surface area contributed by atoms with Crippen LogP contribution in [-0.4, -0.2) is 21.7 Å². The lowest BCUT2D eigenvalue weighted by Crippen LogP contribution is -2.10. The molecule has 3 rings (SSSR count). The van der Waals surface area contributed by atoms with Crippen molar-refractivity contribution in [1.29, 1.82) is 0 Å². The number of hydrazone groups is 1. The van der Waals surface area contributed by atoms with Gasteiger partial charge >= 0.3 is 10.1 Å². The van der Waals surface area contributed by atoms with Gasteiger partial charge in [0.25, 0.3) is 0 Å². The molecule has 0 aliphatic heterocycles. The smallest absolute Gasteiger partial charge is 0.339 e. The van der Waals surface area contributed by atoms with E-state index in [0.29, 0.717) is 5.75 Å². The molecule has 0 saturated carbocycles. The summed E-state index contributed by atoms with van der Waals surface area (Å²) in [6, 6.07) is 20.8. The van der Waals surface area contributed by atoms with E-state index >= 15 is 0 Å². The highest BCUT2D eigenvalue weighted by Gasteiger charge is 2.19. The molecule has 0 fully saturated rings. The van der Waals surface area contributed by atoms with Crippen molar-refractivity contribution in [2.45, 2.75) is 11.8 Å². The molecule has 0 atom stereocenters. The number of methoxy groups -OCH3 is 1. The Balaban J connectivity index is 1.76. The molecule has 1 N–H and O–H groups in total. The standard InChI is InChI=1S/C21H20N2O4S/c1-16-8-11-19(12-9-16)28(24,25)27-20-13-10-17(14-21(20)26-2)15-22-23-18-6-4-3-5-7-18/h3-15,23H,1-2H3. The molecular formula is C21H20N2O4S. The highest BCUT2D eigenvalue weighted by Crippen LogP contribution is 2.30. The van der Waals surface area contributed by atoms with Crippen LogP contribution in [0.3, 0.4) is 0 Å². The molecule has 0 bridgehead atoms. The Morgan fingerprint density at radius 1 is 0.929 bits per heavy atom. The first-order valence-corrected chi connectivity index (χ1v) is 9.92. The minimum absolute atomic E-state index is 0.0813. The monoisotopic (exact) mass is 396 g/mol. The number of para-hydroxylation sites is 1. The van der Waals surface area contributed by atoms with E-state index < -0.39 is 10.1 Å². The lowest BCUT2D eigenvalue weighted by atomic mass is 10.2. The van der Waals surface area contributed by atoms with Gasteiger partial charge in [-0.25, -0.2) is 0 Å². The van der Waals surface area contributed by atoms with Crippen LogP contribution in [0.5, 0.6) is 11.5 Å². The maximum atomic E-state index is 12.5. The SMILES string of the molecule is COc1cc(C=NNc2ccccc2)ccc1OS(=O)(=O)c1ccc(C)cc1. The Hall–Kier alpha value is -3.32. The average Bonchev–Trinajstić information content (AvgIpc) is 2.70. The predicted molar refractivity (Wildman–Crippen MR) is 110 cm³/mol. The topological polar surface area (TPSA) is 77.0 Å². The third-order valence-electron chi connectivity index (χ3n) is 3.88. The second kappa shape index (κ2) is 8.58. The van der Waals surface area contributed by atoms with Gasteiger partial charge in [-0.05, 0) is 55.0 Å². The van der Waals surface area contributed by atoms with E-state index in [2.05, 4.69) is 10.5 Å². The van der Waals surface area contributed by atoms with Gasteiger partial charge in [-0.2, -0.15) is 13.5 Å². The molecule has 28 heavy (non-hydrogen) atoms. The number of anilines is 1. The molecule has 144 valence electrons. The number of aryl methyl sites for hydroxylation is 1. The first-order valence-electron chi connectivity index (χ1n) is 8.51. The van der Waals surface area contributed by atoms with Crippen LogP contribution in [-0.2, 0) is 10.1 Å². The minimum Gasteiger partial charge on any atom is -0.493 e. The van der Waals surface area contributed by atoms with Crippen molar-refractivity contribution < 1.29 is 17.3 Å². The molecule has 0 amide bonds. The number of rotatable bonds is 7. The second-order valence-electron chi connectivity index (χ2n) is 6.00. The summed E-state index contributed by atoms with van der Waals surface area (Å²) in [5.74, 6) is 0.399. The van der Waals surface area contributed by atoms with Gasteiger partial charge in [0.2, 0.25) is 0 Å². The molecule has 3 aromatic carbocycles.